The molecule has 1 heterocycles. The summed E-state index contributed by atoms with van der Waals surface area (Å²) in [6, 6.07) is -1.06. The number of allylic oxidation sites excluding steroid dienone is 10. The summed E-state index contributed by atoms with van der Waals surface area (Å²) in [6.07, 6.45) is 44.0. The fourth-order valence-electron chi connectivity index (χ4n) is 7.87. The van der Waals surface area contributed by atoms with Gasteiger partial charge in [-0.2, -0.15) is 0 Å². The number of hydrogen-bond acceptors (Lipinski definition) is 10. The lowest BCUT2D eigenvalue weighted by Gasteiger charge is -2.41. The summed E-state index contributed by atoms with van der Waals surface area (Å²) in [5, 5.41) is 56.5. The minimum atomic E-state index is -1.63. The molecule has 67 heavy (non-hydrogen) atoms. The van der Waals surface area contributed by atoms with Crippen molar-refractivity contribution >= 4 is 11.9 Å². The van der Waals surface area contributed by atoms with Gasteiger partial charge < -0.3 is 45.1 Å². The molecule has 1 aliphatic rings. The van der Waals surface area contributed by atoms with Gasteiger partial charge in [0.15, 0.2) is 12.4 Å². The van der Waals surface area contributed by atoms with Gasteiger partial charge in [-0.3, -0.25) is 9.59 Å². The molecule has 1 aliphatic heterocycles. The highest BCUT2D eigenvalue weighted by atomic mass is 16.7. The third kappa shape index (κ3) is 33.3. The van der Waals surface area contributed by atoms with Crippen LogP contribution in [0.5, 0.6) is 0 Å². The van der Waals surface area contributed by atoms with Gasteiger partial charge in [-0.15, -0.1) is 0 Å². The van der Waals surface area contributed by atoms with E-state index in [2.05, 4.69) is 62.5 Å². The number of unbranched alkanes of at least 4 members (excludes halogenated alkanes) is 22. The molecule has 386 valence electrons. The SMILES string of the molecule is CC/C=C/C=C/C=C/CCCCCCCCCC(=O)OC1C(OCC(NC(=O)C(O)C/C=C/C/C=C\CCCCCCCC)C(O)/C=C/CCCCCCCCCCC)OC(CO)C(O)C1O. The molecule has 8 atom stereocenters. The van der Waals surface area contributed by atoms with E-state index in [-0.39, 0.29) is 19.4 Å². The van der Waals surface area contributed by atoms with E-state index in [9.17, 15) is 35.1 Å². The van der Waals surface area contributed by atoms with Crippen molar-refractivity contribution in [3.63, 3.8) is 0 Å². The van der Waals surface area contributed by atoms with Crippen LogP contribution in [0.2, 0.25) is 0 Å². The van der Waals surface area contributed by atoms with E-state index >= 15 is 0 Å². The second-order valence-corrected chi connectivity index (χ2v) is 18.3. The Morgan fingerprint density at radius 3 is 1.72 bits per heavy atom. The first-order valence-corrected chi connectivity index (χ1v) is 26.7. The number of ether oxygens (including phenoxy) is 3. The maximum Gasteiger partial charge on any atom is 0.306 e. The van der Waals surface area contributed by atoms with Crippen LogP contribution >= 0.6 is 0 Å². The molecule has 0 aromatic rings. The molecule has 0 spiro atoms. The number of nitrogens with one attached hydrogen (secondary N) is 1. The third-order valence-electron chi connectivity index (χ3n) is 12.2. The summed E-state index contributed by atoms with van der Waals surface area (Å²) in [6.45, 7) is 5.56. The molecule has 6 N–H and O–H groups in total. The van der Waals surface area contributed by atoms with E-state index in [4.69, 9.17) is 14.2 Å². The first-order valence-electron chi connectivity index (χ1n) is 26.7. The first kappa shape index (κ1) is 62.1. The summed E-state index contributed by atoms with van der Waals surface area (Å²) < 4.78 is 17.5. The van der Waals surface area contributed by atoms with E-state index in [1.807, 2.05) is 24.3 Å². The van der Waals surface area contributed by atoms with Crippen molar-refractivity contribution in [1.29, 1.82) is 0 Å². The fourth-order valence-corrected chi connectivity index (χ4v) is 7.87. The third-order valence-corrected chi connectivity index (χ3v) is 12.2. The van der Waals surface area contributed by atoms with Gasteiger partial charge in [0.1, 0.15) is 24.4 Å². The largest absolute Gasteiger partial charge is 0.454 e. The summed E-state index contributed by atoms with van der Waals surface area (Å²) in [4.78, 5) is 26.3. The standard InChI is InChI=1S/C56H97NO10/c1-4-7-10-13-16-19-22-24-25-26-29-32-35-38-41-44-51(61)67-54-53(63)52(62)50(45-58)66-56(54)65-46-47(48(59)42-39-36-33-30-27-21-18-15-12-9-6-3)57-55(64)49(60)43-40-37-34-31-28-23-20-17-14-11-8-5-2/h7,10,13,16,19,22,28,31,37,39-40,42,47-50,52-54,56,58-60,62-63H,4-6,8-9,11-12,14-15,17-18,20-21,23-27,29-30,32-36,38,41,43-46H2,1-3H3,(H,57,64)/b10-7+,16-13+,22-19+,31-28-,40-37+,42-39+. The van der Waals surface area contributed by atoms with Gasteiger partial charge in [0, 0.05) is 12.8 Å². The molecule has 1 saturated heterocycles. The Balaban J connectivity index is 2.80. The molecule has 11 heteroatoms. The summed E-state index contributed by atoms with van der Waals surface area (Å²) in [5.74, 6) is -1.29. The van der Waals surface area contributed by atoms with Gasteiger partial charge in [0.05, 0.1) is 25.4 Å². The highest BCUT2D eigenvalue weighted by molar-refractivity contribution is 5.81. The van der Waals surface area contributed by atoms with E-state index in [0.717, 1.165) is 83.5 Å². The first-order chi connectivity index (χ1) is 32.7. The Morgan fingerprint density at radius 2 is 1.13 bits per heavy atom. The quantitative estimate of drug-likeness (QED) is 0.0149. The monoisotopic (exact) mass is 944 g/mol. The summed E-state index contributed by atoms with van der Waals surface area (Å²) in [5.41, 5.74) is 0. The Morgan fingerprint density at radius 1 is 0.612 bits per heavy atom. The Labute approximate surface area is 407 Å². The Kier molecular flexibility index (Phi) is 41.1. The van der Waals surface area contributed by atoms with Crippen LogP contribution in [0.4, 0.5) is 0 Å². The maximum atomic E-state index is 13.3. The number of amides is 1. The molecular formula is C56H97NO10. The average molecular weight is 944 g/mol. The highest BCUT2D eigenvalue weighted by Gasteiger charge is 2.47. The van der Waals surface area contributed by atoms with Crippen molar-refractivity contribution in [3.8, 4) is 0 Å². The minimum Gasteiger partial charge on any atom is -0.454 e. The number of rotatable bonds is 43. The van der Waals surface area contributed by atoms with Gasteiger partial charge in [-0.25, -0.2) is 0 Å². The van der Waals surface area contributed by atoms with E-state index in [1.54, 1.807) is 12.2 Å². The van der Waals surface area contributed by atoms with E-state index in [1.165, 1.54) is 77.0 Å². The highest BCUT2D eigenvalue weighted by Crippen LogP contribution is 2.26. The zero-order chi connectivity index (χ0) is 49.0. The van der Waals surface area contributed by atoms with Crippen LogP contribution in [0.15, 0.2) is 72.9 Å². The van der Waals surface area contributed by atoms with Crippen LogP contribution in [-0.2, 0) is 23.8 Å². The number of aliphatic hydroxyl groups excluding tert-OH is 5. The predicted octanol–water partition coefficient (Wildman–Crippen LogP) is 11.3. The van der Waals surface area contributed by atoms with Gasteiger partial charge in [0.25, 0.3) is 0 Å². The van der Waals surface area contributed by atoms with Crippen molar-refractivity contribution in [3.05, 3.63) is 72.9 Å². The molecule has 0 aliphatic carbocycles. The maximum absolute atomic E-state index is 13.3. The molecular weight excluding hydrogens is 847 g/mol. The molecule has 1 rings (SSSR count). The van der Waals surface area contributed by atoms with Gasteiger partial charge in [-0.05, 0) is 57.8 Å². The van der Waals surface area contributed by atoms with Crippen molar-refractivity contribution in [2.45, 2.75) is 256 Å². The number of hydrogen-bond donors (Lipinski definition) is 6. The molecule has 11 nitrogen and oxygen atoms in total. The lowest BCUT2D eigenvalue weighted by Crippen LogP contribution is -2.61. The Bertz CT molecular complexity index is 1360. The molecule has 0 aromatic heterocycles. The van der Waals surface area contributed by atoms with E-state index in [0.29, 0.717) is 12.8 Å². The van der Waals surface area contributed by atoms with Crippen LogP contribution in [0.3, 0.4) is 0 Å². The van der Waals surface area contributed by atoms with Gasteiger partial charge in [-0.1, -0.05) is 209 Å². The topological polar surface area (TPSA) is 175 Å². The number of carbonyl (C=O) groups is 2. The number of carbonyl (C=O) groups excluding carboxylic acids is 2. The molecule has 0 saturated carbocycles. The predicted molar refractivity (Wildman–Crippen MR) is 273 cm³/mol. The number of aliphatic hydroxyl groups is 5. The van der Waals surface area contributed by atoms with Crippen molar-refractivity contribution < 1.29 is 49.3 Å². The minimum absolute atomic E-state index is 0.0784. The van der Waals surface area contributed by atoms with Crippen molar-refractivity contribution in [2.24, 2.45) is 0 Å². The summed E-state index contributed by atoms with van der Waals surface area (Å²) >= 11 is 0. The number of esters is 1. The van der Waals surface area contributed by atoms with Crippen LogP contribution in [0.25, 0.3) is 0 Å². The fraction of sp³-hybridized carbons (Fsp3) is 0.750. The second kappa shape index (κ2) is 44.3. The van der Waals surface area contributed by atoms with Crippen LogP contribution in [-0.4, -0.2) is 99.6 Å². The van der Waals surface area contributed by atoms with Gasteiger partial charge in [0.2, 0.25) is 5.91 Å². The molecule has 1 amide bonds. The zero-order valence-electron chi connectivity index (χ0n) is 42.2. The van der Waals surface area contributed by atoms with E-state index < -0.39 is 67.4 Å². The van der Waals surface area contributed by atoms with Crippen LogP contribution in [0.1, 0.15) is 207 Å². The normalized spacial score (nSPS) is 20.6. The zero-order valence-corrected chi connectivity index (χ0v) is 42.2. The Hall–Kier alpha value is -2.90. The lowest BCUT2D eigenvalue weighted by atomic mass is 9.99. The van der Waals surface area contributed by atoms with Crippen molar-refractivity contribution in [1.82, 2.24) is 5.32 Å². The van der Waals surface area contributed by atoms with Crippen LogP contribution < -0.4 is 5.32 Å². The molecule has 1 fully saturated rings. The molecule has 0 radical (unpaired) electrons. The smallest absolute Gasteiger partial charge is 0.306 e. The molecule has 8 unspecified atom stereocenters. The van der Waals surface area contributed by atoms with Gasteiger partial charge >= 0.3 is 5.97 Å². The van der Waals surface area contributed by atoms with Crippen molar-refractivity contribution in [2.75, 3.05) is 13.2 Å². The average Bonchev–Trinajstić information content (AvgIpc) is 3.32. The summed E-state index contributed by atoms with van der Waals surface area (Å²) in [7, 11) is 0. The molecule has 0 bridgehead atoms. The second-order valence-electron chi connectivity index (χ2n) is 18.3. The lowest BCUT2D eigenvalue weighted by molar-refractivity contribution is -0.305. The van der Waals surface area contributed by atoms with Crippen LogP contribution in [0, 0.1) is 0 Å². The molecule has 0 aromatic carbocycles.